The van der Waals surface area contributed by atoms with Gasteiger partial charge in [-0.3, -0.25) is 4.79 Å². The van der Waals surface area contributed by atoms with Gasteiger partial charge >= 0.3 is 0 Å². The number of furan rings is 1. The molecule has 0 bridgehead atoms. The van der Waals surface area contributed by atoms with Gasteiger partial charge in [0.25, 0.3) is 5.12 Å². The quantitative estimate of drug-likeness (QED) is 0.192. The molecule has 0 spiro atoms. The van der Waals surface area contributed by atoms with Gasteiger partial charge in [0, 0.05) is 10.8 Å². The fraction of sp³-hybridized carbons (Fsp3) is 0.423. The highest BCUT2D eigenvalue weighted by atomic mass is 32.2. The normalized spacial score (nSPS) is 15.9. The highest BCUT2D eigenvalue weighted by molar-refractivity contribution is 8.14. The van der Waals surface area contributed by atoms with Crippen LogP contribution < -0.4 is 9.47 Å². The second-order valence-electron chi connectivity index (χ2n) is 8.18. The molecule has 1 aromatic heterocycles. The van der Waals surface area contributed by atoms with Crippen molar-refractivity contribution in [2.75, 3.05) is 14.2 Å². The molecule has 1 heterocycles. The molecule has 0 amide bonds. The standard InChI is InChI=1S/C26H32N2O6S/c1-4-5-6-7-8-9-12-22(35-26(29)20-11-10-15-34-20)17-16-21(32-2)23-18(27-30)13-14-19(28-31)24(23)25(17)33-3/h10-11,13-16,22,30-31H,4-9,12H2,1-3H3. The van der Waals surface area contributed by atoms with Gasteiger partial charge in [-0.25, -0.2) is 0 Å². The number of nitrogens with zero attached hydrogens (tertiary/aromatic N) is 2. The number of methoxy groups -OCH3 is 2. The predicted octanol–water partition coefficient (Wildman–Crippen LogP) is 6.59. The fourth-order valence-corrected chi connectivity index (χ4v) is 5.32. The monoisotopic (exact) mass is 500 g/mol. The third kappa shape index (κ3) is 6.08. The molecular weight excluding hydrogens is 468 g/mol. The molecule has 1 aliphatic rings. The molecule has 0 saturated carbocycles. The molecule has 3 rings (SSSR count). The summed E-state index contributed by atoms with van der Waals surface area (Å²) in [5.41, 5.74) is 2.12. The highest BCUT2D eigenvalue weighted by Crippen LogP contribution is 2.46. The summed E-state index contributed by atoms with van der Waals surface area (Å²) in [7, 11) is 3.04. The molecule has 2 aromatic rings. The Balaban J connectivity index is 2.04. The average Bonchev–Trinajstić information content (AvgIpc) is 3.43. The van der Waals surface area contributed by atoms with Crippen molar-refractivity contribution in [3.63, 3.8) is 0 Å². The first-order valence-electron chi connectivity index (χ1n) is 11.8. The van der Waals surface area contributed by atoms with Crippen molar-refractivity contribution in [3.05, 3.63) is 59.1 Å². The number of hydrogen-bond acceptors (Lipinski definition) is 9. The molecule has 0 radical (unpaired) electrons. The topological polar surface area (TPSA) is 114 Å². The second-order valence-corrected chi connectivity index (χ2v) is 9.36. The second kappa shape index (κ2) is 13.0. The van der Waals surface area contributed by atoms with E-state index in [-0.39, 0.29) is 27.5 Å². The molecule has 2 N–H and O–H groups in total. The lowest BCUT2D eigenvalue weighted by Gasteiger charge is -2.25. The summed E-state index contributed by atoms with van der Waals surface area (Å²) in [6.45, 7) is 2.19. The SMILES string of the molecule is CCCCCCCCC(SC(=O)c1ccco1)c1cc(OC)c2c(c1OC)C(=NO)C=CC2=NO. The largest absolute Gasteiger partial charge is 0.496 e. The van der Waals surface area contributed by atoms with E-state index in [1.54, 1.807) is 18.2 Å². The summed E-state index contributed by atoms with van der Waals surface area (Å²) in [5.74, 6) is 1.14. The number of allylic oxidation sites excluding steroid dienone is 2. The van der Waals surface area contributed by atoms with Crippen molar-refractivity contribution in [1.82, 2.24) is 0 Å². The van der Waals surface area contributed by atoms with E-state index in [2.05, 4.69) is 17.2 Å². The molecule has 1 unspecified atom stereocenters. The third-order valence-corrected chi connectivity index (χ3v) is 7.15. The van der Waals surface area contributed by atoms with Crippen LogP contribution in [0.2, 0.25) is 0 Å². The smallest absolute Gasteiger partial charge is 0.255 e. The summed E-state index contributed by atoms with van der Waals surface area (Å²) in [5, 5.41) is 25.6. The van der Waals surface area contributed by atoms with Crippen molar-refractivity contribution in [2.45, 2.75) is 57.1 Å². The van der Waals surface area contributed by atoms with Crippen molar-refractivity contribution in [1.29, 1.82) is 0 Å². The summed E-state index contributed by atoms with van der Waals surface area (Å²) < 4.78 is 16.8. The molecule has 35 heavy (non-hydrogen) atoms. The molecule has 0 aliphatic heterocycles. The number of rotatable bonds is 12. The summed E-state index contributed by atoms with van der Waals surface area (Å²) in [6, 6.07) is 5.14. The molecule has 0 saturated heterocycles. The van der Waals surface area contributed by atoms with Gasteiger partial charge in [-0.2, -0.15) is 0 Å². The number of carbonyl (C=O) groups excluding carboxylic acids is 1. The number of fused-ring (bicyclic) bond motifs is 1. The van der Waals surface area contributed by atoms with E-state index >= 15 is 0 Å². The van der Waals surface area contributed by atoms with Gasteiger partial charge < -0.3 is 24.3 Å². The number of ether oxygens (including phenoxy) is 2. The van der Waals surface area contributed by atoms with E-state index in [0.717, 1.165) is 31.2 Å². The predicted molar refractivity (Wildman–Crippen MR) is 137 cm³/mol. The van der Waals surface area contributed by atoms with Crippen LogP contribution in [-0.4, -0.2) is 41.2 Å². The first-order valence-corrected chi connectivity index (χ1v) is 12.6. The van der Waals surface area contributed by atoms with Crippen LogP contribution >= 0.6 is 11.8 Å². The molecule has 1 aromatic carbocycles. The van der Waals surface area contributed by atoms with Gasteiger partial charge in [-0.05, 0) is 36.8 Å². The lowest BCUT2D eigenvalue weighted by molar-refractivity contribution is 0.106. The van der Waals surface area contributed by atoms with Gasteiger partial charge in [-0.1, -0.05) is 67.5 Å². The Hall–Kier alpha value is -3.20. The van der Waals surface area contributed by atoms with Crippen molar-refractivity contribution >= 4 is 28.3 Å². The van der Waals surface area contributed by atoms with Crippen LogP contribution in [0.4, 0.5) is 0 Å². The van der Waals surface area contributed by atoms with Gasteiger partial charge in [-0.15, -0.1) is 0 Å². The van der Waals surface area contributed by atoms with E-state index in [1.165, 1.54) is 63.7 Å². The van der Waals surface area contributed by atoms with E-state index in [4.69, 9.17) is 13.9 Å². The molecule has 188 valence electrons. The number of thioether (sulfide) groups is 1. The maximum Gasteiger partial charge on any atom is 0.255 e. The number of carbonyl (C=O) groups is 1. The summed E-state index contributed by atoms with van der Waals surface area (Å²) in [6.07, 6.45) is 12.0. The maximum absolute atomic E-state index is 13.0. The maximum atomic E-state index is 13.0. The van der Waals surface area contributed by atoms with Crippen LogP contribution in [0.1, 0.15) is 84.4 Å². The lowest BCUT2D eigenvalue weighted by atomic mass is 9.88. The molecule has 8 nitrogen and oxygen atoms in total. The third-order valence-electron chi connectivity index (χ3n) is 5.96. The van der Waals surface area contributed by atoms with Crippen molar-refractivity contribution < 1.29 is 29.1 Å². The zero-order valence-electron chi connectivity index (χ0n) is 20.3. The van der Waals surface area contributed by atoms with E-state index in [0.29, 0.717) is 22.6 Å². The molecule has 0 fully saturated rings. The van der Waals surface area contributed by atoms with E-state index in [1.807, 2.05) is 0 Å². The lowest BCUT2D eigenvalue weighted by Crippen LogP contribution is -2.18. The minimum absolute atomic E-state index is 0.182. The van der Waals surface area contributed by atoms with Gasteiger partial charge in [0.1, 0.15) is 22.9 Å². The Morgan fingerprint density at radius 2 is 1.71 bits per heavy atom. The zero-order chi connectivity index (χ0) is 25.2. The Kier molecular flexibility index (Phi) is 9.84. The first kappa shape index (κ1) is 26.4. The minimum atomic E-state index is -0.270. The fourth-order valence-electron chi connectivity index (χ4n) is 4.24. The van der Waals surface area contributed by atoms with Crippen LogP contribution in [0, 0.1) is 0 Å². The zero-order valence-corrected chi connectivity index (χ0v) is 21.1. The molecule has 1 atom stereocenters. The number of hydrogen-bond donors (Lipinski definition) is 2. The van der Waals surface area contributed by atoms with Gasteiger partial charge in [0.15, 0.2) is 5.76 Å². The minimum Gasteiger partial charge on any atom is -0.496 e. The Morgan fingerprint density at radius 3 is 2.31 bits per heavy atom. The molecule has 1 aliphatic carbocycles. The van der Waals surface area contributed by atoms with E-state index in [9.17, 15) is 15.2 Å². The van der Waals surface area contributed by atoms with Crippen LogP contribution in [0.15, 0.2) is 51.3 Å². The number of unbranched alkanes of at least 4 members (excludes halogenated alkanes) is 5. The Bertz CT molecular complexity index is 1090. The highest BCUT2D eigenvalue weighted by Gasteiger charge is 2.32. The first-order chi connectivity index (χ1) is 17.1. The summed E-state index contributed by atoms with van der Waals surface area (Å²) in [4.78, 5) is 13.0. The van der Waals surface area contributed by atoms with Crippen molar-refractivity contribution in [2.24, 2.45) is 10.3 Å². The van der Waals surface area contributed by atoms with Crippen LogP contribution in [0.25, 0.3) is 0 Å². The Morgan fingerprint density at radius 1 is 1.03 bits per heavy atom. The van der Waals surface area contributed by atoms with Crippen LogP contribution in [-0.2, 0) is 0 Å². The van der Waals surface area contributed by atoms with Gasteiger partial charge in [0.05, 0.1) is 31.6 Å². The van der Waals surface area contributed by atoms with Gasteiger partial charge in [0.2, 0.25) is 0 Å². The Labute approximate surface area is 209 Å². The number of oxime groups is 2. The van der Waals surface area contributed by atoms with Crippen LogP contribution in [0.5, 0.6) is 11.5 Å². The average molecular weight is 501 g/mol. The van der Waals surface area contributed by atoms with Crippen LogP contribution in [0.3, 0.4) is 0 Å². The molecule has 9 heteroatoms. The molecular formula is C26H32N2O6S. The van der Waals surface area contributed by atoms with E-state index < -0.39 is 0 Å². The summed E-state index contributed by atoms with van der Waals surface area (Å²) >= 11 is 1.17. The van der Waals surface area contributed by atoms with Crippen molar-refractivity contribution in [3.8, 4) is 11.5 Å². The number of benzene rings is 1.